The van der Waals surface area contributed by atoms with Crippen LogP contribution in [-0.4, -0.2) is 16.3 Å². The van der Waals surface area contributed by atoms with Crippen LogP contribution in [0, 0.1) is 5.82 Å². The molecule has 2 nitrogen and oxygen atoms in total. The number of amidine groups is 1. The van der Waals surface area contributed by atoms with E-state index in [1.807, 2.05) is 31.2 Å². The zero-order chi connectivity index (χ0) is 19.9. The van der Waals surface area contributed by atoms with Crippen LogP contribution in [0.25, 0.3) is 10.8 Å². The highest BCUT2D eigenvalue weighted by molar-refractivity contribution is 8.01. The summed E-state index contributed by atoms with van der Waals surface area (Å²) >= 11 is 3.37. The fourth-order valence-electron chi connectivity index (χ4n) is 3.36. The first kappa shape index (κ1) is 19.3. The second-order valence-electron chi connectivity index (χ2n) is 7.79. The number of thioether (sulfide) groups is 1. The van der Waals surface area contributed by atoms with E-state index in [1.54, 1.807) is 29.6 Å². The van der Waals surface area contributed by atoms with Crippen molar-refractivity contribution in [2.45, 2.75) is 40.8 Å². The lowest BCUT2D eigenvalue weighted by Crippen LogP contribution is -2.44. The molecule has 0 amide bonds. The highest BCUT2D eigenvalue weighted by Crippen LogP contribution is 2.43. The van der Waals surface area contributed by atoms with E-state index in [2.05, 4.69) is 44.2 Å². The van der Waals surface area contributed by atoms with Crippen LogP contribution in [-0.2, 0) is 5.54 Å². The van der Waals surface area contributed by atoms with Gasteiger partial charge in [0.15, 0.2) is 0 Å². The molecule has 2 N–H and O–H groups in total. The van der Waals surface area contributed by atoms with Crippen molar-refractivity contribution in [3.05, 3.63) is 72.0 Å². The minimum Gasteiger partial charge on any atom is -0.386 e. The van der Waals surface area contributed by atoms with Crippen LogP contribution >= 0.6 is 23.5 Å². The van der Waals surface area contributed by atoms with Gasteiger partial charge in [0, 0.05) is 21.1 Å². The summed E-state index contributed by atoms with van der Waals surface area (Å²) in [7, 11) is 0. The van der Waals surface area contributed by atoms with Gasteiger partial charge in [0.05, 0.1) is 10.3 Å². The highest BCUT2D eigenvalue weighted by atomic mass is 32.2. The zero-order valence-corrected chi connectivity index (χ0v) is 17.8. The molecule has 28 heavy (non-hydrogen) atoms. The van der Waals surface area contributed by atoms with Gasteiger partial charge in [-0.3, -0.25) is 4.99 Å². The molecule has 3 aromatic carbocycles. The number of hydrogen-bond acceptors (Lipinski definition) is 4. The number of fused-ring (bicyclic) bond motifs is 1. The van der Waals surface area contributed by atoms with Crippen molar-refractivity contribution in [1.82, 2.24) is 0 Å². The minimum absolute atomic E-state index is 0.217. The Labute approximate surface area is 173 Å². The summed E-state index contributed by atoms with van der Waals surface area (Å²) in [5.74, 6) is 1.03. The smallest absolute Gasteiger partial charge is 0.128 e. The normalized spacial score (nSPS) is 21.5. The van der Waals surface area contributed by atoms with Gasteiger partial charge in [-0.25, -0.2) is 4.39 Å². The number of benzene rings is 3. The first-order valence-electron chi connectivity index (χ1n) is 9.24. The molecule has 5 heteroatoms. The molecule has 1 atom stereocenters. The minimum atomic E-state index is -0.663. The van der Waals surface area contributed by atoms with Crippen molar-refractivity contribution in [3.8, 4) is 0 Å². The van der Waals surface area contributed by atoms with Crippen molar-refractivity contribution in [2.24, 2.45) is 10.7 Å². The van der Waals surface area contributed by atoms with Crippen LogP contribution < -0.4 is 5.73 Å². The third-order valence-electron chi connectivity index (χ3n) is 5.19. The molecule has 144 valence electrons. The molecule has 3 aromatic rings. The van der Waals surface area contributed by atoms with E-state index in [0.717, 1.165) is 9.79 Å². The predicted molar refractivity (Wildman–Crippen MR) is 120 cm³/mol. The number of rotatable bonds is 3. The lowest BCUT2D eigenvalue weighted by Gasteiger charge is -2.37. The molecular formula is C23H23FN2S2. The molecule has 4 rings (SSSR count). The van der Waals surface area contributed by atoms with Crippen LogP contribution in [0.4, 0.5) is 4.39 Å². The summed E-state index contributed by atoms with van der Waals surface area (Å²) in [5.41, 5.74) is 6.14. The molecule has 0 saturated carbocycles. The first-order valence-corrected chi connectivity index (χ1v) is 11.0. The molecule has 0 fully saturated rings. The summed E-state index contributed by atoms with van der Waals surface area (Å²) in [6.07, 6.45) is 0. The maximum Gasteiger partial charge on any atom is 0.128 e. The largest absolute Gasteiger partial charge is 0.386 e. The Morgan fingerprint density at radius 1 is 1.04 bits per heavy atom. The molecule has 0 bridgehead atoms. The van der Waals surface area contributed by atoms with Crippen LogP contribution in [0.15, 0.2) is 75.4 Å². The quantitative estimate of drug-likeness (QED) is 0.556. The first-order chi connectivity index (χ1) is 13.3. The van der Waals surface area contributed by atoms with Gasteiger partial charge >= 0.3 is 0 Å². The lowest BCUT2D eigenvalue weighted by atomic mass is 9.93. The standard InChI is InChI=1S/C23H23FN2S2/c1-22(2)21(25)26-23(3,14-27-22)18-13-16(11-12-19(18)24)28-20-10-6-8-15-7-4-5-9-17(15)20/h4-13H,14H2,1-3H3,(H2,25,26)/t23-/m0/s1. The van der Waals surface area contributed by atoms with Gasteiger partial charge in [-0.05, 0) is 55.8 Å². The van der Waals surface area contributed by atoms with Crippen molar-refractivity contribution in [2.75, 3.05) is 5.75 Å². The van der Waals surface area contributed by atoms with Crippen molar-refractivity contribution >= 4 is 40.1 Å². The summed E-state index contributed by atoms with van der Waals surface area (Å²) in [6, 6.07) is 19.9. The van der Waals surface area contributed by atoms with Gasteiger partial charge in [0.2, 0.25) is 0 Å². The van der Waals surface area contributed by atoms with Crippen molar-refractivity contribution in [1.29, 1.82) is 0 Å². The molecule has 0 aromatic heterocycles. The van der Waals surface area contributed by atoms with Crippen LogP contribution in [0.5, 0.6) is 0 Å². The molecule has 0 unspecified atom stereocenters. The SMILES string of the molecule is CC1(C)SC[C@@](C)(c2cc(Sc3cccc4ccccc34)ccc2F)N=C1N. The van der Waals surface area contributed by atoms with Gasteiger partial charge in [0.1, 0.15) is 11.7 Å². The Balaban J connectivity index is 1.73. The topological polar surface area (TPSA) is 38.4 Å². The zero-order valence-electron chi connectivity index (χ0n) is 16.2. The van der Waals surface area contributed by atoms with Gasteiger partial charge < -0.3 is 5.73 Å². The van der Waals surface area contributed by atoms with E-state index < -0.39 is 5.54 Å². The summed E-state index contributed by atoms with van der Waals surface area (Å²) in [6.45, 7) is 6.07. The van der Waals surface area contributed by atoms with Crippen LogP contribution in [0.2, 0.25) is 0 Å². The molecule has 1 aliphatic rings. The fraction of sp³-hybridized carbons (Fsp3) is 0.261. The van der Waals surface area contributed by atoms with E-state index in [-0.39, 0.29) is 10.6 Å². The van der Waals surface area contributed by atoms with Crippen molar-refractivity contribution < 1.29 is 4.39 Å². The maximum absolute atomic E-state index is 14.8. The third kappa shape index (κ3) is 3.53. The van der Waals surface area contributed by atoms with E-state index in [4.69, 9.17) is 10.7 Å². The number of aliphatic imine (C=N–C) groups is 1. The Morgan fingerprint density at radius 2 is 1.79 bits per heavy atom. The molecule has 0 aliphatic carbocycles. The summed E-state index contributed by atoms with van der Waals surface area (Å²) < 4.78 is 14.6. The second-order valence-corrected chi connectivity index (χ2v) is 10.5. The van der Waals surface area contributed by atoms with E-state index in [1.165, 1.54) is 10.8 Å². The Hall–Kier alpha value is -1.98. The molecule has 0 spiro atoms. The number of hydrogen-bond donors (Lipinski definition) is 1. The van der Waals surface area contributed by atoms with Crippen molar-refractivity contribution in [3.63, 3.8) is 0 Å². The van der Waals surface area contributed by atoms with E-state index in [0.29, 0.717) is 17.2 Å². The fourth-order valence-corrected chi connectivity index (χ4v) is 5.42. The number of nitrogens with zero attached hydrogens (tertiary/aromatic N) is 1. The molecule has 1 aliphatic heterocycles. The predicted octanol–water partition coefficient (Wildman–Crippen LogP) is 6.23. The van der Waals surface area contributed by atoms with Gasteiger partial charge in [0.25, 0.3) is 0 Å². The Bertz CT molecular complexity index is 1070. The average molecular weight is 411 g/mol. The van der Waals surface area contributed by atoms with Gasteiger partial charge in [-0.15, -0.1) is 11.8 Å². The second kappa shape index (κ2) is 7.12. The van der Waals surface area contributed by atoms with Crippen LogP contribution in [0.3, 0.4) is 0 Å². The summed E-state index contributed by atoms with van der Waals surface area (Å²) in [5, 5.41) is 2.40. The summed E-state index contributed by atoms with van der Waals surface area (Å²) in [4.78, 5) is 6.87. The average Bonchev–Trinajstić information content (AvgIpc) is 2.67. The van der Waals surface area contributed by atoms with Crippen LogP contribution in [0.1, 0.15) is 26.3 Å². The molecular weight excluding hydrogens is 387 g/mol. The van der Waals surface area contributed by atoms with E-state index in [9.17, 15) is 4.39 Å². The molecule has 1 heterocycles. The monoisotopic (exact) mass is 410 g/mol. The van der Waals surface area contributed by atoms with E-state index >= 15 is 0 Å². The van der Waals surface area contributed by atoms with Gasteiger partial charge in [-0.1, -0.05) is 48.2 Å². The number of nitrogens with two attached hydrogens (primary N) is 1. The lowest BCUT2D eigenvalue weighted by molar-refractivity contribution is 0.501. The number of halogens is 1. The maximum atomic E-state index is 14.8. The molecule has 0 radical (unpaired) electrons. The highest BCUT2D eigenvalue weighted by Gasteiger charge is 2.39. The molecule has 0 saturated heterocycles. The third-order valence-corrected chi connectivity index (χ3v) is 7.90. The van der Waals surface area contributed by atoms with Gasteiger partial charge in [-0.2, -0.15) is 0 Å². The Kier molecular flexibility index (Phi) is 4.92. The Morgan fingerprint density at radius 3 is 2.57 bits per heavy atom.